The van der Waals surface area contributed by atoms with Gasteiger partial charge in [-0.05, 0) is 60.8 Å². The van der Waals surface area contributed by atoms with Crippen molar-refractivity contribution in [3.8, 4) is 11.4 Å². The van der Waals surface area contributed by atoms with Crippen LogP contribution in [0.1, 0.15) is 45.2 Å². The van der Waals surface area contributed by atoms with E-state index in [2.05, 4.69) is 54.1 Å². The van der Waals surface area contributed by atoms with Crippen molar-refractivity contribution in [3.63, 3.8) is 0 Å². The molecule has 0 aliphatic carbocycles. The highest BCUT2D eigenvalue weighted by Gasteiger charge is 2.38. The molecule has 0 amide bonds. The Labute approximate surface area is 228 Å². The van der Waals surface area contributed by atoms with Gasteiger partial charge in [-0.2, -0.15) is 4.98 Å². The van der Waals surface area contributed by atoms with Crippen LogP contribution >= 0.6 is 11.6 Å². The Morgan fingerprint density at radius 2 is 1.89 bits per heavy atom. The third-order valence-corrected chi connectivity index (χ3v) is 12.2. The molecule has 11 heteroatoms. The van der Waals surface area contributed by atoms with Gasteiger partial charge in [-0.3, -0.25) is 4.57 Å². The minimum absolute atomic E-state index is 0.0209. The zero-order chi connectivity index (χ0) is 27.5. The predicted octanol–water partition coefficient (Wildman–Crippen LogP) is 5.69. The van der Waals surface area contributed by atoms with Crippen molar-refractivity contribution < 1.29 is 13.6 Å². The smallest absolute Gasteiger partial charge is 0.348 e. The van der Waals surface area contributed by atoms with E-state index < -0.39 is 25.9 Å². The molecule has 0 radical (unpaired) electrons. The molecule has 1 fully saturated rings. The fourth-order valence-electron chi connectivity index (χ4n) is 3.95. The Morgan fingerprint density at radius 1 is 1.18 bits per heavy atom. The molecule has 4 rings (SSSR count). The van der Waals surface area contributed by atoms with Crippen LogP contribution in [0.2, 0.25) is 23.2 Å². The van der Waals surface area contributed by atoms with Crippen LogP contribution in [0.15, 0.2) is 47.5 Å². The number of nitrogens with one attached hydrogen (secondary N) is 1. The average Bonchev–Trinajstić information content (AvgIpc) is 2.87. The van der Waals surface area contributed by atoms with Crippen molar-refractivity contribution in [2.24, 2.45) is 0 Å². The maximum atomic E-state index is 14.4. The number of benzene rings is 1. The number of anilines is 1. The second-order valence-corrected chi connectivity index (χ2v) is 16.3. The molecule has 1 aliphatic heterocycles. The van der Waals surface area contributed by atoms with Crippen molar-refractivity contribution in [2.45, 2.75) is 63.8 Å². The summed E-state index contributed by atoms with van der Waals surface area (Å²) in [4.78, 5) is 26.5. The molecular formula is C27H35ClFN5O3Si. The first-order valence-corrected chi connectivity index (χ1v) is 16.1. The van der Waals surface area contributed by atoms with Crippen LogP contribution in [0, 0.1) is 5.82 Å². The summed E-state index contributed by atoms with van der Waals surface area (Å²) in [6.45, 7) is 12.3. The van der Waals surface area contributed by atoms with E-state index in [1.54, 1.807) is 30.6 Å². The predicted molar refractivity (Wildman–Crippen MR) is 150 cm³/mol. The van der Waals surface area contributed by atoms with Gasteiger partial charge in [-0.25, -0.2) is 19.2 Å². The SMILES string of the molecule is CC(C)(C)[Si](C)(C)OCC(c1ccc(Cl)c(F)c1)n1ccc(-c2ccnc(NC3CCOCC3)n2)nc1=O. The van der Waals surface area contributed by atoms with Gasteiger partial charge in [0.2, 0.25) is 5.95 Å². The molecule has 0 saturated carbocycles. The summed E-state index contributed by atoms with van der Waals surface area (Å²) in [5.41, 5.74) is 1.05. The fourth-order valence-corrected chi connectivity index (χ4v) is 5.07. The van der Waals surface area contributed by atoms with Gasteiger partial charge in [0, 0.05) is 31.6 Å². The molecule has 2 aromatic heterocycles. The van der Waals surface area contributed by atoms with Crippen LogP contribution in [-0.4, -0.2) is 53.7 Å². The number of ether oxygens (including phenoxy) is 1. The van der Waals surface area contributed by atoms with E-state index in [-0.39, 0.29) is 22.7 Å². The molecule has 1 aliphatic rings. The Hall–Kier alpha value is -2.66. The van der Waals surface area contributed by atoms with Crippen LogP contribution in [0.25, 0.3) is 11.4 Å². The summed E-state index contributed by atoms with van der Waals surface area (Å²) in [5.74, 6) is -0.0673. The number of hydrogen-bond acceptors (Lipinski definition) is 7. The molecule has 1 aromatic carbocycles. The largest absolute Gasteiger partial charge is 0.414 e. The lowest BCUT2D eigenvalue weighted by Gasteiger charge is -2.37. The van der Waals surface area contributed by atoms with Crippen LogP contribution in [0.3, 0.4) is 0 Å². The first kappa shape index (κ1) is 28.3. The van der Waals surface area contributed by atoms with Crippen molar-refractivity contribution in [1.29, 1.82) is 0 Å². The summed E-state index contributed by atoms with van der Waals surface area (Å²) < 4.78 is 27.8. The third-order valence-electron chi connectivity index (χ3n) is 7.37. The number of halogens is 2. The van der Waals surface area contributed by atoms with Gasteiger partial charge in [0.25, 0.3) is 0 Å². The maximum Gasteiger partial charge on any atom is 0.348 e. The third kappa shape index (κ3) is 6.66. The molecule has 1 saturated heterocycles. The van der Waals surface area contributed by atoms with E-state index in [0.717, 1.165) is 12.8 Å². The van der Waals surface area contributed by atoms with Crippen LogP contribution in [0.5, 0.6) is 0 Å². The van der Waals surface area contributed by atoms with Crippen LogP contribution < -0.4 is 11.0 Å². The Morgan fingerprint density at radius 3 is 2.55 bits per heavy atom. The summed E-state index contributed by atoms with van der Waals surface area (Å²) in [6, 6.07) is 7.65. The molecule has 8 nitrogen and oxygen atoms in total. The van der Waals surface area contributed by atoms with E-state index in [0.29, 0.717) is 36.1 Å². The van der Waals surface area contributed by atoms with Crippen LogP contribution in [-0.2, 0) is 9.16 Å². The highest BCUT2D eigenvalue weighted by molar-refractivity contribution is 6.74. The molecular weight excluding hydrogens is 525 g/mol. The molecule has 204 valence electrons. The second kappa shape index (κ2) is 11.6. The van der Waals surface area contributed by atoms with Gasteiger partial charge in [-0.1, -0.05) is 38.4 Å². The lowest BCUT2D eigenvalue weighted by molar-refractivity contribution is 0.0903. The van der Waals surface area contributed by atoms with Crippen molar-refractivity contribution in [3.05, 3.63) is 69.6 Å². The molecule has 1 N–H and O–H groups in total. The van der Waals surface area contributed by atoms with Gasteiger partial charge in [-0.15, -0.1) is 0 Å². The summed E-state index contributed by atoms with van der Waals surface area (Å²) in [7, 11) is -2.15. The van der Waals surface area contributed by atoms with Crippen LogP contribution in [0.4, 0.5) is 10.3 Å². The van der Waals surface area contributed by atoms with Gasteiger partial charge in [0.15, 0.2) is 8.32 Å². The van der Waals surface area contributed by atoms with E-state index in [1.165, 1.54) is 16.7 Å². The lowest BCUT2D eigenvalue weighted by atomic mass is 10.1. The minimum atomic E-state index is -2.15. The molecule has 0 bridgehead atoms. The number of aromatic nitrogens is 4. The van der Waals surface area contributed by atoms with E-state index >= 15 is 0 Å². The fraction of sp³-hybridized carbons (Fsp3) is 0.481. The highest BCUT2D eigenvalue weighted by atomic mass is 35.5. The number of rotatable bonds is 8. The standard InChI is InChI=1S/C27H35ClFN5O3Si/c1-27(2,3)38(4,5)37-17-24(18-6-7-20(28)21(29)16-18)34-13-9-23(33-26(34)35)22-8-12-30-25(32-22)31-19-10-14-36-15-11-19/h6-9,12-13,16,19,24H,10-11,14-15,17H2,1-5H3,(H,30,31,32). The second-order valence-electron chi connectivity index (χ2n) is 11.1. The van der Waals surface area contributed by atoms with Gasteiger partial charge in [0.1, 0.15) is 5.82 Å². The average molecular weight is 560 g/mol. The quantitative estimate of drug-likeness (QED) is 0.354. The lowest BCUT2D eigenvalue weighted by Crippen LogP contribution is -2.43. The zero-order valence-electron chi connectivity index (χ0n) is 22.5. The normalized spacial score (nSPS) is 15.9. The summed E-state index contributed by atoms with van der Waals surface area (Å²) in [5, 5.41) is 3.33. The molecule has 1 unspecified atom stereocenters. The van der Waals surface area contributed by atoms with E-state index in [4.69, 9.17) is 20.8 Å². The van der Waals surface area contributed by atoms with Gasteiger partial charge >= 0.3 is 5.69 Å². The molecule has 3 aromatic rings. The first-order chi connectivity index (χ1) is 17.9. The number of nitrogens with zero attached hydrogens (tertiary/aromatic N) is 4. The van der Waals surface area contributed by atoms with Gasteiger partial charge in [0.05, 0.1) is 29.1 Å². The van der Waals surface area contributed by atoms with Gasteiger partial charge < -0.3 is 14.5 Å². The molecule has 0 spiro atoms. The molecule has 3 heterocycles. The number of hydrogen-bond donors (Lipinski definition) is 1. The maximum absolute atomic E-state index is 14.4. The monoisotopic (exact) mass is 559 g/mol. The summed E-state index contributed by atoms with van der Waals surface area (Å²) >= 11 is 5.93. The minimum Gasteiger partial charge on any atom is -0.414 e. The topological polar surface area (TPSA) is 91.2 Å². The summed E-state index contributed by atoms with van der Waals surface area (Å²) in [6.07, 6.45) is 5.06. The van der Waals surface area contributed by atoms with Crippen molar-refractivity contribution in [2.75, 3.05) is 25.1 Å². The molecule has 38 heavy (non-hydrogen) atoms. The Kier molecular flexibility index (Phi) is 8.66. The highest BCUT2D eigenvalue weighted by Crippen LogP contribution is 2.37. The van der Waals surface area contributed by atoms with E-state index in [9.17, 15) is 9.18 Å². The van der Waals surface area contributed by atoms with Crippen molar-refractivity contribution >= 4 is 25.9 Å². The van der Waals surface area contributed by atoms with E-state index in [1.807, 2.05) is 0 Å². The Balaban J connectivity index is 1.63. The first-order valence-electron chi connectivity index (χ1n) is 12.8. The Bertz CT molecular complexity index is 1320. The van der Waals surface area contributed by atoms with Crippen molar-refractivity contribution in [1.82, 2.24) is 19.5 Å². The molecule has 1 atom stereocenters. The zero-order valence-corrected chi connectivity index (χ0v) is 24.3.